The number of amides is 1. The van der Waals surface area contributed by atoms with Crippen molar-refractivity contribution in [3.8, 4) is 0 Å². The molecule has 1 amide bonds. The molecule has 0 aromatic heterocycles. The number of nitrogens with one attached hydrogen (secondary N) is 1. The number of carbonyl (C=O) groups is 1. The third-order valence-electron chi connectivity index (χ3n) is 2.56. The van der Waals surface area contributed by atoms with Gasteiger partial charge in [-0.05, 0) is 27.2 Å². The molecular weight excluding hydrogens is 236 g/mol. The Balaban J connectivity index is 2.47. The molecule has 0 aromatic rings. The van der Waals surface area contributed by atoms with Crippen molar-refractivity contribution in [1.29, 1.82) is 0 Å². The molecule has 1 heterocycles. The van der Waals surface area contributed by atoms with Crippen molar-refractivity contribution in [2.45, 2.75) is 44.9 Å². The Morgan fingerprint density at radius 2 is 2.17 bits per heavy atom. The number of rotatable bonds is 2. The summed E-state index contributed by atoms with van der Waals surface area (Å²) in [5, 5.41) is 17.1. The highest BCUT2D eigenvalue weighted by Crippen LogP contribution is 2.15. The van der Waals surface area contributed by atoms with Gasteiger partial charge in [-0.15, -0.1) is 0 Å². The molecule has 1 aliphatic rings. The molecule has 7 nitrogen and oxygen atoms in total. The third-order valence-corrected chi connectivity index (χ3v) is 2.56. The number of likely N-dealkylation sites (tertiary alicyclic amines) is 1. The van der Waals surface area contributed by atoms with Crippen molar-refractivity contribution in [1.82, 2.24) is 10.3 Å². The monoisotopic (exact) mass is 258 g/mol. The van der Waals surface area contributed by atoms with E-state index in [9.17, 15) is 9.90 Å². The lowest BCUT2D eigenvalue weighted by molar-refractivity contribution is -0.00484. The maximum Gasteiger partial charge on any atom is 0.410 e. The van der Waals surface area contributed by atoms with Gasteiger partial charge >= 0.3 is 6.09 Å². The van der Waals surface area contributed by atoms with Gasteiger partial charge in [0.15, 0.2) is 0 Å². The lowest BCUT2D eigenvalue weighted by atomic mass is 10.0. The van der Waals surface area contributed by atoms with Crippen molar-refractivity contribution in [2.75, 3.05) is 20.1 Å². The van der Waals surface area contributed by atoms with Crippen molar-refractivity contribution in [3.63, 3.8) is 0 Å². The van der Waals surface area contributed by atoms with Crippen LogP contribution in [0.2, 0.25) is 0 Å². The maximum atomic E-state index is 11.8. The number of carbonyl (C=O) groups excluding carboxylic acids is 1. The van der Waals surface area contributed by atoms with Crippen LogP contribution in [0.5, 0.6) is 0 Å². The van der Waals surface area contributed by atoms with Gasteiger partial charge in [0.1, 0.15) is 5.60 Å². The summed E-state index contributed by atoms with van der Waals surface area (Å²) in [6, 6.07) is -0.174. The van der Waals surface area contributed by atoms with Gasteiger partial charge in [0, 0.05) is 6.54 Å². The van der Waals surface area contributed by atoms with Crippen molar-refractivity contribution >= 4 is 6.09 Å². The Bertz CT molecular complexity index is 314. The Kier molecular flexibility index (Phi) is 4.89. The molecule has 0 bridgehead atoms. The molecule has 7 heteroatoms. The van der Waals surface area contributed by atoms with Gasteiger partial charge in [0.2, 0.25) is 0 Å². The summed E-state index contributed by atoms with van der Waals surface area (Å²) in [7, 11) is 1.55. The SMILES string of the molecule is CN=NN[C@@H]1CCN(C(=O)OC(C)(C)C)C[C@H]1O. The van der Waals surface area contributed by atoms with Crippen LogP contribution in [0.25, 0.3) is 0 Å². The summed E-state index contributed by atoms with van der Waals surface area (Å²) in [5.41, 5.74) is 2.24. The second-order valence-corrected chi connectivity index (χ2v) is 5.32. The van der Waals surface area contributed by atoms with Crippen molar-refractivity contribution < 1.29 is 14.6 Å². The minimum Gasteiger partial charge on any atom is -0.444 e. The van der Waals surface area contributed by atoms with E-state index < -0.39 is 17.8 Å². The van der Waals surface area contributed by atoms with Crippen LogP contribution in [0, 0.1) is 0 Å². The molecule has 0 spiro atoms. The molecular formula is C11H22N4O3. The van der Waals surface area contributed by atoms with Crippen LogP contribution in [-0.2, 0) is 4.74 Å². The van der Waals surface area contributed by atoms with Gasteiger partial charge in [-0.2, -0.15) is 5.11 Å². The summed E-state index contributed by atoms with van der Waals surface area (Å²) in [4.78, 5) is 13.3. The molecule has 0 radical (unpaired) electrons. The second kappa shape index (κ2) is 5.99. The van der Waals surface area contributed by atoms with Crippen LogP contribution in [0.4, 0.5) is 4.79 Å². The van der Waals surface area contributed by atoms with Crippen molar-refractivity contribution in [3.05, 3.63) is 0 Å². The topological polar surface area (TPSA) is 86.5 Å². The summed E-state index contributed by atoms with van der Waals surface area (Å²) in [6.45, 7) is 6.22. The van der Waals surface area contributed by atoms with Gasteiger partial charge in [0.05, 0.1) is 25.7 Å². The quantitative estimate of drug-likeness (QED) is 0.570. The number of ether oxygens (including phenoxy) is 1. The van der Waals surface area contributed by atoms with E-state index in [0.29, 0.717) is 13.0 Å². The van der Waals surface area contributed by atoms with E-state index in [1.807, 2.05) is 20.8 Å². The van der Waals surface area contributed by atoms with E-state index >= 15 is 0 Å². The zero-order valence-electron chi connectivity index (χ0n) is 11.4. The second-order valence-electron chi connectivity index (χ2n) is 5.32. The Hall–Kier alpha value is -1.37. The Morgan fingerprint density at radius 3 is 2.67 bits per heavy atom. The maximum absolute atomic E-state index is 11.8. The van der Waals surface area contributed by atoms with Crippen LogP contribution in [0.3, 0.4) is 0 Å². The number of hydrogen-bond donors (Lipinski definition) is 2. The molecule has 1 aliphatic heterocycles. The van der Waals surface area contributed by atoms with E-state index in [0.717, 1.165) is 0 Å². The van der Waals surface area contributed by atoms with Crippen LogP contribution in [0.1, 0.15) is 27.2 Å². The molecule has 0 saturated carbocycles. The zero-order chi connectivity index (χ0) is 13.8. The Morgan fingerprint density at radius 1 is 1.50 bits per heavy atom. The molecule has 1 saturated heterocycles. The fraction of sp³-hybridized carbons (Fsp3) is 0.909. The normalized spacial score (nSPS) is 25.3. The molecule has 1 fully saturated rings. The summed E-state index contributed by atoms with van der Waals surface area (Å²) >= 11 is 0. The average molecular weight is 258 g/mol. The number of piperidine rings is 1. The molecule has 0 aromatic carbocycles. The predicted molar refractivity (Wildman–Crippen MR) is 66.1 cm³/mol. The zero-order valence-corrected chi connectivity index (χ0v) is 11.4. The first kappa shape index (κ1) is 14.7. The van der Waals surface area contributed by atoms with Crippen LogP contribution < -0.4 is 5.43 Å². The highest BCUT2D eigenvalue weighted by Gasteiger charge is 2.32. The van der Waals surface area contributed by atoms with Gasteiger partial charge in [-0.25, -0.2) is 4.79 Å². The molecule has 18 heavy (non-hydrogen) atoms. The standard InChI is InChI=1S/C11H22N4O3/c1-11(2,3)18-10(17)15-6-5-8(9(16)7-15)13-14-12-4/h8-9,16H,5-7H2,1-4H3,(H,12,13)/t8-,9-/m1/s1. The first-order valence-electron chi connectivity index (χ1n) is 6.04. The predicted octanol–water partition coefficient (Wildman–Crippen LogP) is 0.943. The smallest absolute Gasteiger partial charge is 0.410 e. The van der Waals surface area contributed by atoms with Gasteiger partial charge in [-0.3, -0.25) is 5.43 Å². The first-order valence-corrected chi connectivity index (χ1v) is 6.04. The molecule has 0 aliphatic carbocycles. The number of hydrogen-bond acceptors (Lipinski definition) is 5. The van der Waals surface area contributed by atoms with Crippen LogP contribution in [-0.4, -0.2) is 54.0 Å². The number of β-amino-alcohol motifs (C(OH)–C–C–N with tert-alkyl or cyclic N) is 1. The third kappa shape index (κ3) is 4.48. The minimum absolute atomic E-state index is 0.174. The lowest BCUT2D eigenvalue weighted by Gasteiger charge is -2.36. The minimum atomic E-state index is -0.670. The molecule has 104 valence electrons. The summed E-state index contributed by atoms with van der Waals surface area (Å²) < 4.78 is 5.26. The average Bonchev–Trinajstić information content (AvgIpc) is 2.25. The first-order chi connectivity index (χ1) is 8.33. The van der Waals surface area contributed by atoms with Crippen LogP contribution >= 0.6 is 0 Å². The Labute approximate surface area is 107 Å². The highest BCUT2D eigenvalue weighted by molar-refractivity contribution is 5.68. The largest absolute Gasteiger partial charge is 0.444 e. The number of aliphatic hydroxyl groups excluding tert-OH is 1. The number of nitrogens with zero attached hydrogens (tertiary/aromatic N) is 3. The van der Waals surface area contributed by atoms with Crippen LogP contribution in [0.15, 0.2) is 10.3 Å². The van der Waals surface area contributed by atoms with Gasteiger partial charge in [-0.1, -0.05) is 5.22 Å². The van der Waals surface area contributed by atoms with Gasteiger partial charge in [0.25, 0.3) is 0 Å². The van der Waals surface area contributed by atoms with E-state index in [-0.39, 0.29) is 12.6 Å². The van der Waals surface area contributed by atoms with E-state index in [4.69, 9.17) is 4.74 Å². The van der Waals surface area contributed by atoms with E-state index in [1.54, 1.807) is 7.05 Å². The molecule has 1 rings (SSSR count). The lowest BCUT2D eigenvalue weighted by Crippen LogP contribution is -2.53. The summed E-state index contributed by atoms with van der Waals surface area (Å²) in [6.07, 6.45) is -0.451. The molecule has 2 atom stereocenters. The fourth-order valence-corrected chi connectivity index (χ4v) is 1.71. The highest BCUT2D eigenvalue weighted by atomic mass is 16.6. The van der Waals surface area contributed by atoms with E-state index in [1.165, 1.54) is 4.90 Å². The van der Waals surface area contributed by atoms with E-state index in [2.05, 4.69) is 15.8 Å². The number of aliphatic hydroxyl groups is 1. The van der Waals surface area contributed by atoms with Gasteiger partial charge < -0.3 is 14.7 Å². The van der Waals surface area contributed by atoms with Crippen molar-refractivity contribution in [2.24, 2.45) is 10.3 Å². The summed E-state index contributed by atoms with van der Waals surface area (Å²) in [5.74, 6) is 0. The fourth-order valence-electron chi connectivity index (χ4n) is 1.71. The molecule has 0 unspecified atom stereocenters. The molecule has 2 N–H and O–H groups in total.